The molecule has 2 atom stereocenters. The molecular weight excluding hydrogens is 226 g/mol. The molecular formula is C13H25N5. The number of hydrogen-bond acceptors (Lipinski definition) is 4. The minimum atomic E-state index is 0.487. The van der Waals surface area contributed by atoms with Gasteiger partial charge in [0.15, 0.2) is 5.82 Å². The Hall–Kier alpha value is -0.970. The van der Waals surface area contributed by atoms with Crippen LogP contribution < -0.4 is 5.32 Å². The summed E-state index contributed by atoms with van der Waals surface area (Å²) in [4.78, 5) is 0. The predicted octanol–water partition coefficient (Wildman–Crippen LogP) is 2.31. The highest BCUT2D eigenvalue weighted by molar-refractivity contribution is 4.86. The molecule has 5 heteroatoms. The Bertz CT molecular complexity index is 349. The van der Waals surface area contributed by atoms with Crippen LogP contribution in [-0.4, -0.2) is 26.8 Å². The van der Waals surface area contributed by atoms with Crippen LogP contribution >= 0.6 is 0 Å². The molecule has 0 amide bonds. The molecule has 0 bridgehead atoms. The predicted molar refractivity (Wildman–Crippen MR) is 71.1 cm³/mol. The zero-order valence-electron chi connectivity index (χ0n) is 11.6. The van der Waals surface area contributed by atoms with Gasteiger partial charge in [-0.1, -0.05) is 33.1 Å². The van der Waals surface area contributed by atoms with Crippen LogP contribution in [0.4, 0.5) is 0 Å². The Morgan fingerprint density at radius 3 is 2.94 bits per heavy atom. The van der Waals surface area contributed by atoms with Gasteiger partial charge >= 0.3 is 0 Å². The van der Waals surface area contributed by atoms with E-state index in [9.17, 15) is 0 Å². The number of nitrogens with one attached hydrogen (secondary N) is 1. The highest BCUT2D eigenvalue weighted by Crippen LogP contribution is 2.32. The van der Waals surface area contributed by atoms with Crippen molar-refractivity contribution in [1.82, 2.24) is 25.5 Å². The summed E-state index contributed by atoms with van der Waals surface area (Å²) >= 11 is 0. The van der Waals surface area contributed by atoms with Crippen molar-refractivity contribution in [2.45, 2.75) is 65.0 Å². The van der Waals surface area contributed by atoms with Crippen molar-refractivity contribution in [3.05, 3.63) is 5.82 Å². The van der Waals surface area contributed by atoms with E-state index in [0.29, 0.717) is 12.0 Å². The molecule has 1 aliphatic rings. The summed E-state index contributed by atoms with van der Waals surface area (Å²) < 4.78 is 2.07. The number of nitrogens with zero attached hydrogens (tertiary/aromatic N) is 4. The van der Waals surface area contributed by atoms with E-state index < -0.39 is 0 Å². The van der Waals surface area contributed by atoms with Gasteiger partial charge in [-0.15, -0.1) is 5.10 Å². The maximum Gasteiger partial charge on any atom is 0.165 e. The Morgan fingerprint density at radius 2 is 2.11 bits per heavy atom. The average molecular weight is 251 g/mol. The first-order valence-electron chi connectivity index (χ1n) is 7.30. The van der Waals surface area contributed by atoms with Crippen molar-refractivity contribution in [3.63, 3.8) is 0 Å². The minimum absolute atomic E-state index is 0.487. The third-order valence-electron chi connectivity index (χ3n) is 3.90. The van der Waals surface area contributed by atoms with Crippen LogP contribution in [0, 0.1) is 5.92 Å². The molecule has 1 fully saturated rings. The van der Waals surface area contributed by atoms with Gasteiger partial charge in [-0.3, -0.25) is 0 Å². The highest BCUT2D eigenvalue weighted by atomic mass is 15.6. The van der Waals surface area contributed by atoms with Gasteiger partial charge < -0.3 is 5.32 Å². The highest BCUT2D eigenvalue weighted by Gasteiger charge is 2.24. The van der Waals surface area contributed by atoms with Crippen LogP contribution in [0.15, 0.2) is 0 Å². The minimum Gasteiger partial charge on any atom is -0.310 e. The van der Waals surface area contributed by atoms with Crippen molar-refractivity contribution in [2.75, 3.05) is 6.54 Å². The molecule has 1 aromatic rings. The van der Waals surface area contributed by atoms with Gasteiger partial charge in [-0.2, -0.15) is 0 Å². The molecule has 2 unspecified atom stereocenters. The Labute approximate surface area is 109 Å². The second-order valence-corrected chi connectivity index (χ2v) is 5.40. The normalized spacial score (nSPS) is 25.0. The molecule has 0 spiro atoms. The maximum atomic E-state index is 4.23. The number of rotatable bonds is 5. The summed E-state index contributed by atoms with van der Waals surface area (Å²) in [5, 5.41) is 15.6. The maximum absolute atomic E-state index is 4.23. The van der Waals surface area contributed by atoms with E-state index in [1.165, 1.54) is 32.1 Å². The molecule has 0 saturated heterocycles. The van der Waals surface area contributed by atoms with Crippen molar-refractivity contribution in [3.8, 4) is 0 Å². The summed E-state index contributed by atoms with van der Waals surface area (Å²) in [5.41, 5.74) is 0. The van der Waals surface area contributed by atoms with Crippen LogP contribution in [0.3, 0.4) is 0 Å². The van der Waals surface area contributed by atoms with Crippen LogP contribution in [0.5, 0.6) is 0 Å². The zero-order chi connectivity index (χ0) is 12.8. The van der Waals surface area contributed by atoms with Gasteiger partial charge in [-0.25, -0.2) is 4.68 Å². The number of aromatic nitrogens is 4. The summed E-state index contributed by atoms with van der Waals surface area (Å²) in [6, 6.07) is 0.487. The molecule has 1 heterocycles. The van der Waals surface area contributed by atoms with Crippen LogP contribution in [0.1, 0.15) is 64.2 Å². The Morgan fingerprint density at radius 1 is 1.28 bits per heavy atom. The third-order valence-corrected chi connectivity index (χ3v) is 3.90. The van der Waals surface area contributed by atoms with E-state index in [0.717, 1.165) is 25.3 Å². The largest absolute Gasteiger partial charge is 0.310 e. The standard InChI is InChI=1S/C13H25N5/c1-3-9-14-10-13-15-16-17-18(13)12-8-6-4-5-7-11(12)2/h11-12,14H,3-10H2,1-2H3. The molecule has 2 rings (SSSR count). The van der Waals surface area contributed by atoms with Gasteiger partial charge in [0, 0.05) is 0 Å². The Kier molecular flexibility index (Phi) is 5.11. The smallest absolute Gasteiger partial charge is 0.165 e. The van der Waals surface area contributed by atoms with Crippen molar-refractivity contribution in [2.24, 2.45) is 5.92 Å². The molecule has 1 aliphatic carbocycles. The first-order chi connectivity index (χ1) is 8.83. The summed E-state index contributed by atoms with van der Waals surface area (Å²) in [7, 11) is 0. The van der Waals surface area contributed by atoms with Gasteiger partial charge in [0.2, 0.25) is 0 Å². The second kappa shape index (κ2) is 6.83. The summed E-state index contributed by atoms with van der Waals surface area (Å²) in [5.74, 6) is 1.67. The van der Waals surface area contributed by atoms with Gasteiger partial charge in [-0.05, 0) is 42.2 Å². The fourth-order valence-electron chi connectivity index (χ4n) is 2.80. The van der Waals surface area contributed by atoms with E-state index in [-0.39, 0.29) is 0 Å². The Balaban J connectivity index is 2.04. The molecule has 1 aromatic heterocycles. The van der Waals surface area contributed by atoms with E-state index in [4.69, 9.17) is 0 Å². The van der Waals surface area contributed by atoms with E-state index in [2.05, 4.69) is 39.4 Å². The zero-order valence-corrected chi connectivity index (χ0v) is 11.6. The number of tetrazole rings is 1. The van der Waals surface area contributed by atoms with Crippen LogP contribution in [0.25, 0.3) is 0 Å². The lowest BCUT2D eigenvalue weighted by atomic mass is 9.97. The van der Waals surface area contributed by atoms with E-state index in [1.807, 2.05) is 0 Å². The van der Waals surface area contributed by atoms with Gasteiger partial charge in [0.25, 0.3) is 0 Å². The average Bonchev–Trinajstić information content (AvgIpc) is 2.72. The number of hydrogen-bond donors (Lipinski definition) is 1. The molecule has 5 nitrogen and oxygen atoms in total. The molecule has 102 valence electrons. The lowest BCUT2D eigenvalue weighted by Gasteiger charge is -2.22. The molecule has 1 N–H and O–H groups in total. The second-order valence-electron chi connectivity index (χ2n) is 5.40. The molecule has 0 aromatic carbocycles. The summed E-state index contributed by atoms with van der Waals surface area (Å²) in [6.07, 6.45) is 7.66. The van der Waals surface area contributed by atoms with Gasteiger partial charge in [0.1, 0.15) is 0 Å². The molecule has 0 radical (unpaired) electrons. The van der Waals surface area contributed by atoms with Gasteiger partial charge in [0.05, 0.1) is 12.6 Å². The topological polar surface area (TPSA) is 55.6 Å². The quantitative estimate of drug-likeness (QED) is 0.644. The molecule has 1 saturated carbocycles. The monoisotopic (exact) mass is 251 g/mol. The lowest BCUT2D eigenvalue weighted by molar-refractivity contribution is 0.294. The molecule has 18 heavy (non-hydrogen) atoms. The fourth-order valence-corrected chi connectivity index (χ4v) is 2.80. The third kappa shape index (κ3) is 3.28. The first kappa shape index (κ1) is 13.5. The van der Waals surface area contributed by atoms with E-state index >= 15 is 0 Å². The van der Waals surface area contributed by atoms with Crippen molar-refractivity contribution < 1.29 is 0 Å². The van der Waals surface area contributed by atoms with Crippen molar-refractivity contribution >= 4 is 0 Å². The van der Waals surface area contributed by atoms with E-state index in [1.54, 1.807) is 0 Å². The van der Waals surface area contributed by atoms with Crippen LogP contribution in [0.2, 0.25) is 0 Å². The lowest BCUT2D eigenvalue weighted by Crippen LogP contribution is -2.24. The van der Waals surface area contributed by atoms with Crippen molar-refractivity contribution in [1.29, 1.82) is 0 Å². The first-order valence-corrected chi connectivity index (χ1v) is 7.30. The fraction of sp³-hybridized carbons (Fsp3) is 0.923. The van der Waals surface area contributed by atoms with Crippen LogP contribution in [-0.2, 0) is 6.54 Å². The molecule has 0 aliphatic heterocycles. The SMILES string of the molecule is CCCNCc1nnnn1C1CCCCCC1C. The summed E-state index contributed by atoms with van der Waals surface area (Å²) in [6.45, 7) is 6.31.